The van der Waals surface area contributed by atoms with Crippen molar-refractivity contribution in [1.82, 2.24) is 24.0 Å². The summed E-state index contributed by atoms with van der Waals surface area (Å²) in [5, 5.41) is 1.59. The number of carbonyl (C=O) groups excluding carboxylic acids is 1. The average molecular weight is 611 g/mol. The topological polar surface area (TPSA) is 100 Å². The second-order valence-corrected chi connectivity index (χ2v) is 12.9. The first-order chi connectivity index (χ1) is 21.3. The third-order valence-corrected chi connectivity index (χ3v) is 10.2. The fourth-order valence-corrected chi connectivity index (χ4v) is 7.57. The van der Waals surface area contributed by atoms with Crippen LogP contribution in [-0.4, -0.2) is 62.8 Å². The van der Waals surface area contributed by atoms with Gasteiger partial charge in [0.05, 0.1) is 36.1 Å². The van der Waals surface area contributed by atoms with Crippen LogP contribution in [0.15, 0.2) is 48.5 Å². The lowest BCUT2D eigenvalue weighted by molar-refractivity contribution is 0.0700. The Hall–Kier alpha value is -4.08. The second-order valence-electron chi connectivity index (χ2n) is 12.5. The molecule has 2 unspecified atom stereocenters. The highest BCUT2D eigenvalue weighted by atomic mass is 35.5. The largest absolute Gasteiger partial charge is 0.495 e. The van der Waals surface area contributed by atoms with Crippen molar-refractivity contribution in [3.63, 3.8) is 0 Å². The molecule has 8 rings (SSSR count). The zero-order chi connectivity index (χ0) is 30.3. The van der Waals surface area contributed by atoms with Gasteiger partial charge in [0, 0.05) is 48.7 Å². The maximum Gasteiger partial charge on any atom is 0.254 e. The molecule has 3 aliphatic rings. The predicted molar refractivity (Wildman–Crippen MR) is 171 cm³/mol. The first-order valence-electron chi connectivity index (χ1n) is 15.3. The molecule has 3 aromatic heterocycles. The van der Waals surface area contributed by atoms with Crippen LogP contribution in [0.4, 0.5) is 0 Å². The summed E-state index contributed by atoms with van der Waals surface area (Å²) in [6, 6.07) is 16.0. The smallest absolute Gasteiger partial charge is 0.254 e. The monoisotopic (exact) mass is 610 g/mol. The third-order valence-electron chi connectivity index (χ3n) is 9.87. The van der Waals surface area contributed by atoms with E-state index in [1.165, 1.54) is 12.8 Å². The number of likely N-dealkylation sites (tertiary alicyclic amines) is 1. The van der Waals surface area contributed by atoms with Gasteiger partial charge in [0.2, 0.25) is 0 Å². The Bertz CT molecular complexity index is 1960. The number of pyridine rings is 1. The van der Waals surface area contributed by atoms with E-state index in [-0.39, 0.29) is 18.0 Å². The third kappa shape index (κ3) is 4.28. The Morgan fingerprint density at radius 1 is 1.00 bits per heavy atom. The van der Waals surface area contributed by atoms with Crippen molar-refractivity contribution >= 4 is 39.6 Å². The molecule has 1 amide bonds. The number of methoxy groups -OCH3 is 2. The molecule has 0 spiro atoms. The number of benzene rings is 2. The van der Waals surface area contributed by atoms with Crippen molar-refractivity contribution in [3.8, 4) is 34.3 Å². The zero-order valence-electron chi connectivity index (χ0n) is 25.1. The summed E-state index contributed by atoms with van der Waals surface area (Å²) in [7, 11) is 5.26. The summed E-state index contributed by atoms with van der Waals surface area (Å²) in [4.78, 5) is 25.9. The molecule has 2 aromatic carbocycles. The van der Waals surface area contributed by atoms with Gasteiger partial charge in [0.1, 0.15) is 22.7 Å². The van der Waals surface area contributed by atoms with E-state index in [4.69, 9.17) is 36.8 Å². The second kappa shape index (κ2) is 10.2. The Kier molecular flexibility index (Phi) is 6.39. The maximum absolute atomic E-state index is 13.7. The standard InChI is InChI=1S/C34H35ClN6O3/c1-39-31-25(13-22(15-29(31)44-3)34(42)41-17-21-7-10-26(41)30(21)36)38-33(39)27-14-20-6-9-24(19-8-11-28(43-2)23(35)12-19)37-32(20)40(27)16-18-4-5-18/h6,8-9,11-15,18,21,26,30H,4-5,7,10,16-17,36H2,1-3H3/t21?,26?,30-/m1/s1. The number of halogens is 1. The molecular formula is C34H35ClN6O3. The molecule has 9 nitrogen and oxygen atoms in total. The van der Waals surface area contributed by atoms with Gasteiger partial charge in [0.25, 0.3) is 5.91 Å². The number of nitrogens with zero attached hydrogens (tertiary/aromatic N) is 5. The van der Waals surface area contributed by atoms with Gasteiger partial charge in [-0.3, -0.25) is 4.79 Å². The van der Waals surface area contributed by atoms with E-state index in [1.807, 2.05) is 48.3 Å². The number of hydrogen-bond donors (Lipinski definition) is 1. The Balaban J connectivity index is 1.23. The Morgan fingerprint density at radius 2 is 1.82 bits per heavy atom. The zero-order valence-corrected chi connectivity index (χ0v) is 25.8. The summed E-state index contributed by atoms with van der Waals surface area (Å²) in [6.07, 6.45) is 4.48. The first kappa shape index (κ1) is 27.5. The molecule has 2 aliphatic carbocycles. The lowest BCUT2D eigenvalue weighted by atomic mass is 10.1. The molecule has 2 bridgehead atoms. The number of rotatable bonds is 7. The SMILES string of the molecule is COc1ccc(-c2ccc3cc(-c4nc5cc(C(=O)N6CC7CCC6[C@@H]7N)cc(OC)c5n4C)n(CC4CC4)c3n2)cc1Cl. The predicted octanol–water partition coefficient (Wildman–Crippen LogP) is 5.90. The lowest BCUT2D eigenvalue weighted by Crippen LogP contribution is -2.41. The quantitative estimate of drug-likeness (QED) is 0.246. The molecule has 1 aliphatic heterocycles. The van der Waals surface area contributed by atoms with Crippen LogP contribution >= 0.6 is 11.6 Å². The van der Waals surface area contributed by atoms with Crippen LogP contribution < -0.4 is 15.2 Å². The van der Waals surface area contributed by atoms with Gasteiger partial charge < -0.3 is 29.2 Å². The fourth-order valence-electron chi connectivity index (χ4n) is 7.31. The number of ether oxygens (including phenoxy) is 2. The highest BCUT2D eigenvalue weighted by molar-refractivity contribution is 6.32. The number of fused-ring (bicyclic) bond motifs is 4. The summed E-state index contributed by atoms with van der Waals surface area (Å²) in [6.45, 7) is 1.58. The number of carbonyl (C=O) groups is 1. The molecule has 3 atom stereocenters. The minimum absolute atomic E-state index is 0.00161. The van der Waals surface area contributed by atoms with E-state index in [9.17, 15) is 4.79 Å². The highest BCUT2D eigenvalue weighted by Crippen LogP contribution is 2.40. The molecule has 3 fully saturated rings. The molecule has 1 saturated heterocycles. The number of nitrogens with two attached hydrogens (primary N) is 1. The van der Waals surface area contributed by atoms with E-state index in [0.717, 1.165) is 70.8 Å². The van der Waals surface area contributed by atoms with Crippen LogP contribution in [0.25, 0.3) is 44.8 Å². The molecular weight excluding hydrogens is 576 g/mol. The van der Waals surface area contributed by atoms with Crippen LogP contribution in [0, 0.1) is 11.8 Å². The number of piperidine rings is 1. The summed E-state index contributed by atoms with van der Waals surface area (Å²) in [5.74, 6) is 3.06. The van der Waals surface area contributed by atoms with Crippen LogP contribution in [-0.2, 0) is 13.6 Å². The van der Waals surface area contributed by atoms with Gasteiger partial charge in [-0.25, -0.2) is 9.97 Å². The normalized spacial score (nSPS) is 21.1. The molecule has 44 heavy (non-hydrogen) atoms. The highest BCUT2D eigenvalue weighted by Gasteiger charge is 2.47. The minimum atomic E-state index is -0.00161. The summed E-state index contributed by atoms with van der Waals surface area (Å²) in [5.41, 5.74) is 12.2. The van der Waals surface area contributed by atoms with Gasteiger partial charge >= 0.3 is 0 Å². The number of hydrogen-bond acceptors (Lipinski definition) is 6. The Labute approximate surface area is 260 Å². The maximum atomic E-state index is 13.7. The number of amides is 1. The van der Waals surface area contributed by atoms with E-state index in [1.54, 1.807) is 14.2 Å². The minimum Gasteiger partial charge on any atom is -0.495 e. The van der Waals surface area contributed by atoms with Crippen molar-refractivity contribution in [2.45, 2.75) is 44.3 Å². The number of aromatic nitrogens is 4. The van der Waals surface area contributed by atoms with Crippen LogP contribution in [0.3, 0.4) is 0 Å². The van der Waals surface area contributed by atoms with Crippen molar-refractivity contribution in [1.29, 1.82) is 0 Å². The summed E-state index contributed by atoms with van der Waals surface area (Å²) < 4.78 is 15.6. The van der Waals surface area contributed by atoms with E-state index in [0.29, 0.717) is 33.9 Å². The van der Waals surface area contributed by atoms with Gasteiger partial charge in [-0.2, -0.15) is 0 Å². The lowest BCUT2D eigenvalue weighted by Gasteiger charge is -2.27. The number of imidazole rings is 1. The van der Waals surface area contributed by atoms with Crippen LogP contribution in [0.1, 0.15) is 36.0 Å². The van der Waals surface area contributed by atoms with Gasteiger partial charge in [-0.05, 0) is 86.1 Å². The molecule has 2 N–H and O–H groups in total. The molecule has 5 aromatic rings. The van der Waals surface area contributed by atoms with Crippen molar-refractivity contribution in [2.75, 3.05) is 20.8 Å². The van der Waals surface area contributed by atoms with E-state index >= 15 is 0 Å². The van der Waals surface area contributed by atoms with Crippen molar-refractivity contribution in [3.05, 3.63) is 59.1 Å². The Morgan fingerprint density at radius 3 is 2.50 bits per heavy atom. The van der Waals surface area contributed by atoms with E-state index < -0.39 is 0 Å². The van der Waals surface area contributed by atoms with Crippen molar-refractivity contribution < 1.29 is 14.3 Å². The molecule has 2 saturated carbocycles. The van der Waals surface area contributed by atoms with Crippen molar-refractivity contribution in [2.24, 2.45) is 24.6 Å². The van der Waals surface area contributed by atoms with Gasteiger partial charge in [-0.1, -0.05) is 11.6 Å². The summed E-state index contributed by atoms with van der Waals surface area (Å²) >= 11 is 6.45. The molecule has 10 heteroatoms. The fraction of sp³-hybridized carbons (Fsp3) is 0.382. The van der Waals surface area contributed by atoms with Gasteiger partial charge in [0.15, 0.2) is 5.82 Å². The molecule has 0 radical (unpaired) electrons. The van der Waals surface area contributed by atoms with Gasteiger partial charge in [-0.15, -0.1) is 0 Å². The van der Waals surface area contributed by atoms with E-state index in [2.05, 4.69) is 21.3 Å². The van der Waals surface area contributed by atoms with Crippen LogP contribution in [0.5, 0.6) is 11.5 Å². The molecule has 226 valence electrons. The average Bonchev–Trinajstić information content (AvgIpc) is 3.44. The first-order valence-corrected chi connectivity index (χ1v) is 15.7. The number of aryl methyl sites for hydroxylation is 1. The molecule has 4 heterocycles. The van der Waals surface area contributed by atoms with Crippen LogP contribution in [0.2, 0.25) is 5.02 Å².